The minimum Gasteiger partial charge on any atom is -0.368 e. The van der Waals surface area contributed by atoms with Crippen LogP contribution in [-0.4, -0.2) is 43.0 Å². The van der Waals surface area contributed by atoms with E-state index in [4.69, 9.17) is 23.2 Å². The van der Waals surface area contributed by atoms with Crippen LogP contribution in [0.3, 0.4) is 0 Å². The maximum absolute atomic E-state index is 13.5. The molecule has 0 spiro atoms. The van der Waals surface area contributed by atoms with Crippen LogP contribution in [0.25, 0.3) is 0 Å². The van der Waals surface area contributed by atoms with E-state index in [1.165, 1.54) is 12.1 Å². The Bertz CT molecular complexity index is 1250. The normalized spacial score (nSPS) is 19.7. The molecule has 4 nitrogen and oxygen atoms in total. The van der Waals surface area contributed by atoms with Crippen LogP contribution in [0.2, 0.25) is 10.0 Å². The molecule has 0 aromatic heterocycles. The number of nitrogens with zero attached hydrogens (tertiary/aromatic N) is 2. The van der Waals surface area contributed by atoms with E-state index in [0.29, 0.717) is 35.2 Å². The molecular weight excluding hydrogens is 491 g/mol. The zero-order valence-electron chi connectivity index (χ0n) is 19.0. The van der Waals surface area contributed by atoms with Gasteiger partial charge in [0.05, 0.1) is 10.0 Å². The van der Waals surface area contributed by atoms with Crippen LogP contribution in [-0.2, 0) is 6.54 Å². The van der Waals surface area contributed by atoms with Gasteiger partial charge in [-0.15, -0.1) is 0 Å². The van der Waals surface area contributed by atoms with Gasteiger partial charge in [-0.2, -0.15) is 0 Å². The van der Waals surface area contributed by atoms with E-state index >= 15 is 0 Å². The maximum atomic E-state index is 13.5. The van der Waals surface area contributed by atoms with Gasteiger partial charge in [-0.3, -0.25) is 4.79 Å². The summed E-state index contributed by atoms with van der Waals surface area (Å²) >= 11 is 12.2. The molecule has 2 aliphatic rings. The number of benzene rings is 3. The summed E-state index contributed by atoms with van der Waals surface area (Å²) in [5.74, 6) is -1.43. The Hall–Kier alpha value is -2.67. The lowest BCUT2D eigenvalue weighted by Crippen LogP contribution is -2.48. The Kier molecular flexibility index (Phi) is 6.96. The first-order chi connectivity index (χ1) is 16.9. The van der Waals surface area contributed by atoms with Crippen LogP contribution in [0, 0.1) is 11.6 Å². The summed E-state index contributed by atoms with van der Waals surface area (Å²) < 4.78 is 26.7. The molecule has 0 unspecified atom stereocenters. The minimum absolute atomic E-state index is 0.0201. The van der Waals surface area contributed by atoms with Gasteiger partial charge in [0.1, 0.15) is 0 Å². The molecule has 182 valence electrons. The third kappa shape index (κ3) is 5.45. The van der Waals surface area contributed by atoms with Crippen LogP contribution < -0.4 is 10.2 Å². The van der Waals surface area contributed by atoms with Crippen LogP contribution in [0.15, 0.2) is 60.7 Å². The van der Waals surface area contributed by atoms with Gasteiger partial charge in [-0.1, -0.05) is 41.4 Å². The summed E-state index contributed by atoms with van der Waals surface area (Å²) in [6, 6.07) is 17.6. The number of rotatable bonds is 6. The number of carbonyl (C=O) groups excluding carboxylic acids is 1. The van der Waals surface area contributed by atoms with Crippen molar-refractivity contribution in [3.8, 4) is 0 Å². The fourth-order valence-corrected chi connectivity index (χ4v) is 4.92. The van der Waals surface area contributed by atoms with E-state index in [0.717, 1.165) is 36.3 Å². The van der Waals surface area contributed by atoms with Crippen molar-refractivity contribution < 1.29 is 13.6 Å². The Labute approximate surface area is 213 Å². The van der Waals surface area contributed by atoms with Crippen LogP contribution in [0.5, 0.6) is 0 Å². The topological polar surface area (TPSA) is 35.6 Å². The predicted molar refractivity (Wildman–Crippen MR) is 135 cm³/mol. The van der Waals surface area contributed by atoms with Gasteiger partial charge in [0.15, 0.2) is 11.6 Å². The van der Waals surface area contributed by atoms with Crippen molar-refractivity contribution in [3.63, 3.8) is 0 Å². The lowest BCUT2D eigenvalue weighted by molar-refractivity contribution is 0.0746. The monoisotopic (exact) mass is 515 g/mol. The third-order valence-corrected chi connectivity index (χ3v) is 7.48. The van der Waals surface area contributed by atoms with Gasteiger partial charge < -0.3 is 15.1 Å². The molecule has 1 aliphatic heterocycles. The second-order valence-electron chi connectivity index (χ2n) is 9.08. The van der Waals surface area contributed by atoms with Crippen molar-refractivity contribution in [2.75, 3.05) is 31.1 Å². The summed E-state index contributed by atoms with van der Waals surface area (Å²) in [7, 11) is 0. The molecule has 3 aromatic carbocycles. The molecule has 5 rings (SSSR count). The zero-order valence-corrected chi connectivity index (χ0v) is 20.5. The molecule has 1 aliphatic carbocycles. The highest BCUT2D eigenvalue weighted by Crippen LogP contribution is 2.41. The van der Waals surface area contributed by atoms with Crippen LogP contribution >= 0.6 is 23.2 Å². The lowest BCUT2D eigenvalue weighted by Gasteiger charge is -2.36. The van der Waals surface area contributed by atoms with Crippen molar-refractivity contribution in [2.45, 2.75) is 24.9 Å². The molecule has 1 N–H and O–H groups in total. The average Bonchev–Trinajstić information content (AvgIpc) is 3.66. The highest BCUT2D eigenvalue weighted by molar-refractivity contribution is 6.42. The van der Waals surface area contributed by atoms with Gasteiger partial charge in [-0.25, -0.2) is 8.78 Å². The van der Waals surface area contributed by atoms with Crippen molar-refractivity contribution in [2.24, 2.45) is 0 Å². The number of hydrogen-bond acceptors (Lipinski definition) is 3. The van der Waals surface area contributed by atoms with Crippen molar-refractivity contribution in [3.05, 3.63) is 99.0 Å². The first kappa shape index (κ1) is 24.0. The average molecular weight is 516 g/mol. The Balaban J connectivity index is 1.14. The number of piperazine rings is 1. The van der Waals surface area contributed by atoms with E-state index in [1.807, 2.05) is 41.3 Å². The third-order valence-electron chi connectivity index (χ3n) is 6.74. The molecule has 0 bridgehead atoms. The lowest BCUT2D eigenvalue weighted by atomic mass is 10.1. The number of nitrogens with one attached hydrogen (secondary N) is 1. The van der Waals surface area contributed by atoms with Crippen molar-refractivity contribution in [1.82, 2.24) is 10.2 Å². The summed E-state index contributed by atoms with van der Waals surface area (Å²) in [4.78, 5) is 17.2. The SMILES string of the molecule is O=C(c1cccc(CN[C@@H]2C[C@H]2c2ccc(F)c(F)c2)c1)N1CCN(c2ccc(Cl)c(Cl)c2)CC1. The number of anilines is 1. The standard InChI is InChI=1S/C27H25Cl2F2N3O/c28-22-6-5-20(14-23(22)29)33-8-10-34(11-9-33)27(35)19-3-1-2-17(12-19)16-32-26-15-21(26)18-4-7-24(30)25(31)13-18/h1-7,12-14,21,26,32H,8-11,15-16H2/t21-,26+/m0/s1. The van der Waals surface area contributed by atoms with Crippen molar-refractivity contribution >= 4 is 34.8 Å². The molecule has 8 heteroatoms. The molecular formula is C27H25Cl2F2N3O. The molecule has 1 amide bonds. The van der Waals surface area contributed by atoms with E-state index in [-0.39, 0.29) is 17.9 Å². The van der Waals surface area contributed by atoms with Gasteiger partial charge in [-0.05, 0) is 60.0 Å². The first-order valence-corrected chi connectivity index (χ1v) is 12.4. The summed E-state index contributed by atoms with van der Waals surface area (Å²) in [5.41, 5.74) is 3.49. The molecule has 1 saturated heterocycles. The van der Waals surface area contributed by atoms with E-state index in [2.05, 4.69) is 10.2 Å². The molecule has 1 heterocycles. The number of carbonyl (C=O) groups is 1. The molecule has 0 radical (unpaired) electrons. The predicted octanol–water partition coefficient (Wildman–Crippen LogP) is 5.88. The molecule has 2 atom stereocenters. The summed E-state index contributed by atoms with van der Waals surface area (Å²) in [6.45, 7) is 3.30. The Morgan fingerprint density at radius 1 is 0.914 bits per heavy atom. The summed E-state index contributed by atoms with van der Waals surface area (Å²) in [6.07, 6.45) is 0.882. The van der Waals surface area contributed by atoms with Gasteiger partial charge in [0, 0.05) is 55.9 Å². The Morgan fingerprint density at radius 3 is 2.46 bits per heavy atom. The maximum Gasteiger partial charge on any atom is 0.253 e. The largest absolute Gasteiger partial charge is 0.368 e. The van der Waals surface area contributed by atoms with Crippen LogP contribution in [0.1, 0.15) is 33.8 Å². The quantitative estimate of drug-likeness (QED) is 0.445. The Morgan fingerprint density at radius 2 is 1.71 bits per heavy atom. The zero-order chi connectivity index (χ0) is 24.5. The minimum atomic E-state index is -0.823. The van der Waals surface area contributed by atoms with Gasteiger partial charge in [0.2, 0.25) is 0 Å². The smallest absolute Gasteiger partial charge is 0.253 e. The van der Waals surface area contributed by atoms with E-state index in [9.17, 15) is 13.6 Å². The molecule has 35 heavy (non-hydrogen) atoms. The number of hydrogen-bond donors (Lipinski definition) is 1. The highest BCUT2D eigenvalue weighted by atomic mass is 35.5. The molecule has 2 fully saturated rings. The van der Waals surface area contributed by atoms with Gasteiger partial charge in [0.25, 0.3) is 5.91 Å². The fraction of sp³-hybridized carbons (Fsp3) is 0.296. The van der Waals surface area contributed by atoms with E-state index < -0.39 is 11.6 Å². The fourth-order valence-electron chi connectivity index (χ4n) is 4.63. The summed E-state index contributed by atoms with van der Waals surface area (Å²) in [5, 5.41) is 4.52. The highest BCUT2D eigenvalue weighted by Gasteiger charge is 2.38. The molecule has 3 aromatic rings. The number of halogens is 4. The van der Waals surface area contributed by atoms with Crippen LogP contribution in [0.4, 0.5) is 14.5 Å². The first-order valence-electron chi connectivity index (χ1n) is 11.7. The van der Waals surface area contributed by atoms with E-state index in [1.54, 1.807) is 12.1 Å². The second kappa shape index (κ2) is 10.1. The van der Waals surface area contributed by atoms with Crippen molar-refractivity contribution in [1.29, 1.82) is 0 Å². The second-order valence-corrected chi connectivity index (χ2v) is 9.90. The molecule has 1 saturated carbocycles. The number of amides is 1. The van der Waals surface area contributed by atoms with Gasteiger partial charge >= 0.3 is 0 Å².